The Balaban J connectivity index is 2.02. The fourth-order valence-electron chi connectivity index (χ4n) is 1.70. The van der Waals surface area contributed by atoms with Gasteiger partial charge in [0.25, 0.3) is 0 Å². The van der Waals surface area contributed by atoms with E-state index in [0.29, 0.717) is 0 Å². The Morgan fingerprint density at radius 3 is 2.56 bits per heavy atom. The molecule has 18 heavy (non-hydrogen) atoms. The van der Waals surface area contributed by atoms with E-state index in [-0.39, 0.29) is 12.2 Å². The molecule has 1 unspecified atom stereocenters. The van der Waals surface area contributed by atoms with Gasteiger partial charge in [0.2, 0.25) is 5.78 Å². The van der Waals surface area contributed by atoms with Gasteiger partial charge in [-0.25, -0.2) is 0 Å². The predicted molar refractivity (Wildman–Crippen MR) is 69.1 cm³/mol. The molecule has 1 atom stereocenters. The quantitative estimate of drug-likeness (QED) is 0.820. The minimum Gasteiger partial charge on any atom is -0.461 e. The molecule has 1 heterocycles. The largest absolute Gasteiger partial charge is 0.461 e. The Morgan fingerprint density at radius 2 is 1.94 bits per heavy atom. The number of Topliss-reactive ketones (excluding diaryl/α,β-unsaturated/α-hetero) is 1. The third-order valence-corrected chi connectivity index (χ3v) is 2.69. The molecule has 0 radical (unpaired) electrons. The summed E-state index contributed by atoms with van der Waals surface area (Å²) < 4.78 is 4.96. The number of ketones is 1. The van der Waals surface area contributed by atoms with Crippen molar-refractivity contribution in [3.63, 3.8) is 0 Å². The molecule has 1 aromatic carbocycles. The van der Waals surface area contributed by atoms with Crippen LogP contribution < -0.4 is 0 Å². The van der Waals surface area contributed by atoms with Crippen LogP contribution in [0.15, 0.2) is 59.7 Å². The fraction of sp³-hybridized carbons (Fsp3) is 0.133. The molecular weight excluding hydrogens is 228 g/mol. The second-order valence-electron chi connectivity index (χ2n) is 4.03. The van der Waals surface area contributed by atoms with Gasteiger partial charge in [-0.1, -0.05) is 36.9 Å². The van der Waals surface area contributed by atoms with Crippen molar-refractivity contribution >= 4 is 11.4 Å². The van der Waals surface area contributed by atoms with Gasteiger partial charge in [0.1, 0.15) is 6.10 Å². The lowest BCUT2D eigenvalue weighted by Crippen LogP contribution is -2.20. The molecule has 92 valence electrons. The molecule has 0 saturated carbocycles. The molecule has 0 spiro atoms. The Bertz CT molecular complexity index is 526. The van der Waals surface area contributed by atoms with Crippen LogP contribution in [-0.2, 0) is 0 Å². The molecule has 0 fully saturated rings. The Hall–Kier alpha value is -2.13. The zero-order chi connectivity index (χ0) is 13.0. The normalized spacial score (nSPS) is 12.1. The number of carbonyl (C=O) groups is 1. The van der Waals surface area contributed by atoms with Gasteiger partial charge >= 0.3 is 0 Å². The molecule has 0 aliphatic rings. The highest BCUT2D eigenvalue weighted by Crippen LogP contribution is 2.19. The van der Waals surface area contributed by atoms with Crippen molar-refractivity contribution in [2.24, 2.45) is 0 Å². The van der Waals surface area contributed by atoms with Crippen molar-refractivity contribution in [2.75, 3.05) is 0 Å². The summed E-state index contributed by atoms with van der Waals surface area (Å²) in [6, 6.07) is 12.6. The Kier molecular flexibility index (Phi) is 3.75. The summed E-state index contributed by atoms with van der Waals surface area (Å²) in [5, 5.41) is 9.85. The van der Waals surface area contributed by atoms with E-state index >= 15 is 0 Å². The van der Waals surface area contributed by atoms with Gasteiger partial charge in [-0.05, 0) is 23.3 Å². The van der Waals surface area contributed by atoms with Gasteiger partial charge in [-0.15, -0.1) is 0 Å². The number of rotatable bonds is 5. The fourth-order valence-corrected chi connectivity index (χ4v) is 1.70. The molecule has 0 saturated heterocycles. The number of hydrogen-bond acceptors (Lipinski definition) is 3. The average Bonchev–Trinajstić information content (AvgIpc) is 2.92. The smallest absolute Gasteiger partial charge is 0.226 e. The minimum absolute atomic E-state index is 0.170. The van der Waals surface area contributed by atoms with Gasteiger partial charge in [-0.3, -0.25) is 4.79 Å². The summed E-state index contributed by atoms with van der Waals surface area (Å²) in [5.74, 6) is -0.250. The monoisotopic (exact) mass is 242 g/mol. The zero-order valence-corrected chi connectivity index (χ0v) is 9.87. The first-order valence-corrected chi connectivity index (χ1v) is 5.67. The van der Waals surface area contributed by atoms with Gasteiger partial charge in [0.05, 0.1) is 6.26 Å². The van der Waals surface area contributed by atoms with E-state index in [9.17, 15) is 9.90 Å². The van der Waals surface area contributed by atoms with Crippen molar-refractivity contribution in [3.8, 4) is 0 Å². The number of aliphatic hydroxyl groups excluding tert-OH is 1. The molecule has 1 aromatic heterocycles. The van der Waals surface area contributed by atoms with Gasteiger partial charge in [0, 0.05) is 6.42 Å². The van der Waals surface area contributed by atoms with E-state index < -0.39 is 11.9 Å². The maximum absolute atomic E-state index is 11.8. The molecule has 1 N–H and O–H groups in total. The molecular formula is C15H14O3. The minimum atomic E-state index is -1.12. The molecule has 0 bridgehead atoms. The molecule has 0 aliphatic heterocycles. The number of furan rings is 1. The highest BCUT2D eigenvalue weighted by molar-refractivity contribution is 5.97. The van der Waals surface area contributed by atoms with Crippen molar-refractivity contribution in [1.29, 1.82) is 0 Å². The number of aliphatic hydroxyl groups is 1. The molecule has 2 aromatic rings. The standard InChI is InChI=1S/C15H14O3/c1-11(12-6-3-2-4-7-12)10-13(16)15(17)14-8-5-9-18-14/h2-9,13,16H,1,10H2. The van der Waals surface area contributed by atoms with E-state index in [0.717, 1.165) is 11.1 Å². The molecule has 0 aliphatic carbocycles. The topological polar surface area (TPSA) is 50.4 Å². The van der Waals surface area contributed by atoms with E-state index in [1.807, 2.05) is 30.3 Å². The summed E-state index contributed by atoms with van der Waals surface area (Å²) in [4.78, 5) is 11.8. The maximum atomic E-state index is 11.8. The van der Waals surface area contributed by atoms with Crippen LogP contribution in [0.3, 0.4) is 0 Å². The van der Waals surface area contributed by atoms with E-state index in [1.165, 1.54) is 12.3 Å². The van der Waals surface area contributed by atoms with Crippen molar-refractivity contribution in [1.82, 2.24) is 0 Å². The first-order chi connectivity index (χ1) is 8.68. The number of carbonyl (C=O) groups excluding carboxylic acids is 1. The van der Waals surface area contributed by atoms with Crippen molar-refractivity contribution in [2.45, 2.75) is 12.5 Å². The lowest BCUT2D eigenvalue weighted by molar-refractivity contribution is 0.0727. The average molecular weight is 242 g/mol. The van der Waals surface area contributed by atoms with Crippen LogP contribution in [0.2, 0.25) is 0 Å². The summed E-state index contributed by atoms with van der Waals surface area (Å²) in [6.45, 7) is 3.89. The number of hydrogen-bond donors (Lipinski definition) is 1. The lowest BCUT2D eigenvalue weighted by Gasteiger charge is -2.10. The van der Waals surface area contributed by atoms with Gasteiger partial charge < -0.3 is 9.52 Å². The Morgan fingerprint density at radius 1 is 1.22 bits per heavy atom. The van der Waals surface area contributed by atoms with Crippen LogP contribution in [0.4, 0.5) is 0 Å². The van der Waals surface area contributed by atoms with Crippen molar-refractivity contribution < 1.29 is 14.3 Å². The third-order valence-electron chi connectivity index (χ3n) is 2.69. The van der Waals surface area contributed by atoms with Crippen LogP contribution in [0, 0.1) is 0 Å². The SMILES string of the molecule is C=C(CC(O)C(=O)c1ccco1)c1ccccc1. The van der Waals surface area contributed by atoms with Crippen LogP contribution >= 0.6 is 0 Å². The molecule has 3 nitrogen and oxygen atoms in total. The Labute approximate surface area is 105 Å². The number of benzene rings is 1. The first-order valence-electron chi connectivity index (χ1n) is 5.67. The third kappa shape index (κ3) is 2.76. The van der Waals surface area contributed by atoms with Crippen molar-refractivity contribution in [3.05, 3.63) is 66.6 Å². The van der Waals surface area contributed by atoms with Crippen LogP contribution in [0.25, 0.3) is 5.57 Å². The van der Waals surface area contributed by atoms with Gasteiger partial charge in [0.15, 0.2) is 5.76 Å². The van der Waals surface area contributed by atoms with Crippen LogP contribution in [0.5, 0.6) is 0 Å². The maximum Gasteiger partial charge on any atom is 0.226 e. The molecule has 3 heteroatoms. The van der Waals surface area contributed by atoms with Gasteiger partial charge in [-0.2, -0.15) is 0 Å². The zero-order valence-electron chi connectivity index (χ0n) is 9.87. The second kappa shape index (κ2) is 5.47. The highest BCUT2D eigenvalue weighted by atomic mass is 16.3. The summed E-state index contributed by atoms with van der Waals surface area (Å²) in [5.41, 5.74) is 1.65. The van der Waals surface area contributed by atoms with E-state index in [4.69, 9.17) is 4.42 Å². The second-order valence-corrected chi connectivity index (χ2v) is 4.03. The molecule has 0 amide bonds. The molecule has 2 rings (SSSR count). The van der Waals surface area contributed by atoms with E-state index in [1.54, 1.807) is 6.07 Å². The first kappa shape index (κ1) is 12.3. The van der Waals surface area contributed by atoms with E-state index in [2.05, 4.69) is 6.58 Å². The highest BCUT2D eigenvalue weighted by Gasteiger charge is 2.20. The summed E-state index contributed by atoms with van der Waals surface area (Å²) in [6.07, 6.45) is 0.485. The van der Waals surface area contributed by atoms with Crippen LogP contribution in [0.1, 0.15) is 22.5 Å². The summed E-state index contributed by atoms with van der Waals surface area (Å²) in [7, 11) is 0. The summed E-state index contributed by atoms with van der Waals surface area (Å²) >= 11 is 0. The van der Waals surface area contributed by atoms with Crippen LogP contribution in [-0.4, -0.2) is 17.0 Å². The lowest BCUT2D eigenvalue weighted by atomic mass is 9.99. The predicted octanol–water partition coefficient (Wildman–Crippen LogP) is 2.93.